The number of benzene rings is 1. The standard InChI is InChI=1S/C17H22Cl2N4O.HI/c1-4-20-17(22-10-16-23-11(2)12(3)24-16)21-9-8-13-14(18)6-5-7-15(13)19;/h5-7H,4,8-10H2,1-3H3,(H2,20,21,22);1H. The molecule has 2 aromatic rings. The summed E-state index contributed by atoms with van der Waals surface area (Å²) in [6.07, 6.45) is 0.708. The molecule has 5 nitrogen and oxygen atoms in total. The number of aryl methyl sites for hydroxylation is 2. The van der Waals surface area contributed by atoms with Crippen LogP contribution < -0.4 is 10.6 Å². The Morgan fingerprint density at radius 1 is 1.20 bits per heavy atom. The predicted octanol–water partition coefficient (Wildman–Crippen LogP) is 4.51. The summed E-state index contributed by atoms with van der Waals surface area (Å²) in [5.41, 5.74) is 1.83. The van der Waals surface area contributed by atoms with E-state index in [0.717, 1.165) is 23.6 Å². The van der Waals surface area contributed by atoms with Crippen molar-refractivity contribution in [3.63, 3.8) is 0 Å². The van der Waals surface area contributed by atoms with Crippen LogP contribution >= 0.6 is 47.2 Å². The van der Waals surface area contributed by atoms with Crippen LogP contribution in [0.15, 0.2) is 27.6 Å². The highest BCUT2D eigenvalue weighted by Crippen LogP contribution is 2.24. The number of aromatic nitrogens is 1. The summed E-state index contributed by atoms with van der Waals surface area (Å²) in [5.74, 6) is 2.14. The van der Waals surface area contributed by atoms with Crippen LogP contribution in [0.4, 0.5) is 0 Å². The van der Waals surface area contributed by atoms with Crippen molar-refractivity contribution in [2.45, 2.75) is 33.7 Å². The van der Waals surface area contributed by atoms with Gasteiger partial charge in [-0.1, -0.05) is 29.3 Å². The van der Waals surface area contributed by atoms with Gasteiger partial charge in [-0.25, -0.2) is 9.98 Å². The molecule has 0 aliphatic heterocycles. The van der Waals surface area contributed by atoms with Crippen molar-refractivity contribution in [2.75, 3.05) is 13.1 Å². The summed E-state index contributed by atoms with van der Waals surface area (Å²) in [7, 11) is 0. The summed E-state index contributed by atoms with van der Waals surface area (Å²) in [5, 5.41) is 7.82. The molecule has 0 bridgehead atoms. The Labute approximate surface area is 175 Å². The molecule has 0 saturated heterocycles. The zero-order valence-corrected chi connectivity index (χ0v) is 18.4. The number of nitrogens with zero attached hydrogens (tertiary/aromatic N) is 2. The molecule has 1 aromatic heterocycles. The van der Waals surface area contributed by atoms with Gasteiger partial charge >= 0.3 is 0 Å². The van der Waals surface area contributed by atoms with Crippen LogP contribution in [0.3, 0.4) is 0 Å². The van der Waals surface area contributed by atoms with E-state index in [9.17, 15) is 0 Å². The SMILES string of the molecule is CCNC(=NCc1nc(C)c(C)o1)NCCc1c(Cl)cccc1Cl.I. The van der Waals surface area contributed by atoms with E-state index in [1.165, 1.54) is 0 Å². The third kappa shape index (κ3) is 6.67. The Hall–Kier alpha value is -0.990. The average molecular weight is 497 g/mol. The van der Waals surface area contributed by atoms with E-state index in [-0.39, 0.29) is 24.0 Å². The molecule has 2 rings (SSSR count). The lowest BCUT2D eigenvalue weighted by molar-refractivity contribution is 0.473. The average Bonchev–Trinajstić information content (AvgIpc) is 2.86. The second-order valence-corrected chi connectivity index (χ2v) is 6.14. The van der Waals surface area contributed by atoms with Gasteiger partial charge in [-0.3, -0.25) is 0 Å². The monoisotopic (exact) mass is 496 g/mol. The van der Waals surface area contributed by atoms with Crippen LogP contribution in [0.1, 0.15) is 29.8 Å². The van der Waals surface area contributed by atoms with Gasteiger partial charge in [-0.05, 0) is 44.9 Å². The third-order valence-corrected chi connectivity index (χ3v) is 4.23. The molecule has 0 radical (unpaired) electrons. The van der Waals surface area contributed by atoms with Crippen molar-refractivity contribution >= 4 is 53.1 Å². The first-order valence-corrected chi connectivity index (χ1v) is 8.64. The lowest BCUT2D eigenvalue weighted by Crippen LogP contribution is -2.38. The number of rotatable bonds is 6. The number of nitrogens with one attached hydrogen (secondary N) is 2. The number of oxazole rings is 1. The summed E-state index contributed by atoms with van der Waals surface area (Å²) in [6, 6.07) is 5.53. The van der Waals surface area contributed by atoms with Crippen LogP contribution in [-0.2, 0) is 13.0 Å². The molecule has 0 amide bonds. The van der Waals surface area contributed by atoms with Gasteiger partial charge in [-0.15, -0.1) is 24.0 Å². The fourth-order valence-electron chi connectivity index (χ4n) is 2.17. The number of hydrogen-bond acceptors (Lipinski definition) is 3. The van der Waals surface area contributed by atoms with E-state index in [1.807, 2.05) is 39.0 Å². The van der Waals surface area contributed by atoms with Crippen molar-refractivity contribution in [2.24, 2.45) is 4.99 Å². The Balaban J connectivity index is 0.00000312. The van der Waals surface area contributed by atoms with Crippen molar-refractivity contribution in [3.05, 3.63) is 51.2 Å². The van der Waals surface area contributed by atoms with Gasteiger partial charge in [0.15, 0.2) is 5.96 Å². The molecule has 138 valence electrons. The molecule has 1 aromatic carbocycles. The zero-order chi connectivity index (χ0) is 17.5. The van der Waals surface area contributed by atoms with E-state index < -0.39 is 0 Å². The molecule has 8 heteroatoms. The van der Waals surface area contributed by atoms with Crippen LogP contribution in [0, 0.1) is 13.8 Å². The van der Waals surface area contributed by atoms with Crippen LogP contribution in [0.25, 0.3) is 0 Å². The minimum Gasteiger partial charge on any atom is -0.444 e. The largest absolute Gasteiger partial charge is 0.444 e. The molecule has 2 N–H and O–H groups in total. The first-order chi connectivity index (χ1) is 11.5. The molecular formula is C17H23Cl2IN4O. The van der Waals surface area contributed by atoms with Gasteiger partial charge in [0.1, 0.15) is 12.3 Å². The third-order valence-electron chi connectivity index (χ3n) is 3.52. The van der Waals surface area contributed by atoms with Gasteiger partial charge in [0, 0.05) is 23.1 Å². The van der Waals surface area contributed by atoms with Crippen LogP contribution in [0.2, 0.25) is 10.0 Å². The zero-order valence-electron chi connectivity index (χ0n) is 14.5. The molecule has 1 heterocycles. The van der Waals surface area contributed by atoms with E-state index in [4.69, 9.17) is 27.6 Å². The maximum Gasteiger partial charge on any atom is 0.216 e. The highest BCUT2D eigenvalue weighted by Gasteiger charge is 2.07. The fourth-order valence-corrected chi connectivity index (χ4v) is 2.76. The van der Waals surface area contributed by atoms with Crippen molar-refractivity contribution in [3.8, 4) is 0 Å². The quantitative estimate of drug-likeness (QED) is 0.351. The first kappa shape index (κ1) is 22.1. The summed E-state index contributed by atoms with van der Waals surface area (Å²) in [4.78, 5) is 8.82. The molecular weight excluding hydrogens is 474 g/mol. The minimum absolute atomic E-state index is 0. The summed E-state index contributed by atoms with van der Waals surface area (Å²) in [6.45, 7) is 7.65. The molecule has 0 aliphatic carbocycles. The topological polar surface area (TPSA) is 62.5 Å². The highest BCUT2D eigenvalue weighted by molar-refractivity contribution is 14.0. The normalized spacial score (nSPS) is 11.2. The van der Waals surface area contributed by atoms with E-state index in [1.54, 1.807) is 0 Å². The fraction of sp³-hybridized carbons (Fsp3) is 0.412. The highest BCUT2D eigenvalue weighted by atomic mass is 127. The predicted molar refractivity (Wildman–Crippen MR) is 114 cm³/mol. The molecule has 0 spiro atoms. The second kappa shape index (κ2) is 10.9. The lowest BCUT2D eigenvalue weighted by Gasteiger charge is -2.12. The van der Waals surface area contributed by atoms with Crippen molar-refractivity contribution in [1.82, 2.24) is 15.6 Å². The smallest absolute Gasteiger partial charge is 0.216 e. The van der Waals surface area contributed by atoms with Gasteiger partial charge in [-0.2, -0.15) is 0 Å². The second-order valence-electron chi connectivity index (χ2n) is 5.32. The van der Waals surface area contributed by atoms with E-state index >= 15 is 0 Å². The Morgan fingerprint density at radius 3 is 2.44 bits per heavy atom. The van der Waals surface area contributed by atoms with Gasteiger partial charge < -0.3 is 15.1 Å². The number of hydrogen-bond donors (Lipinski definition) is 2. The lowest BCUT2D eigenvalue weighted by atomic mass is 10.1. The summed E-state index contributed by atoms with van der Waals surface area (Å²) < 4.78 is 5.54. The van der Waals surface area contributed by atoms with Crippen molar-refractivity contribution < 1.29 is 4.42 Å². The van der Waals surface area contributed by atoms with Gasteiger partial charge in [0.25, 0.3) is 0 Å². The van der Waals surface area contributed by atoms with Crippen LogP contribution in [-0.4, -0.2) is 24.0 Å². The Kier molecular flexibility index (Phi) is 9.60. The number of halogens is 3. The molecule has 0 atom stereocenters. The maximum atomic E-state index is 6.19. The number of aliphatic imine (C=N–C) groups is 1. The first-order valence-electron chi connectivity index (χ1n) is 7.89. The van der Waals surface area contributed by atoms with E-state index in [2.05, 4.69) is 20.6 Å². The minimum atomic E-state index is 0. The molecule has 25 heavy (non-hydrogen) atoms. The van der Waals surface area contributed by atoms with E-state index in [0.29, 0.717) is 41.4 Å². The molecule has 0 aliphatic rings. The van der Waals surface area contributed by atoms with Gasteiger partial charge in [0.05, 0.1) is 5.69 Å². The van der Waals surface area contributed by atoms with Crippen molar-refractivity contribution in [1.29, 1.82) is 0 Å². The van der Waals surface area contributed by atoms with Crippen LogP contribution in [0.5, 0.6) is 0 Å². The molecule has 0 unspecified atom stereocenters. The maximum absolute atomic E-state index is 6.19. The Bertz CT molecular complexity index is 679. The van der Waals surface area contributed by atoms with Gasteiger partial charge in [0.2, 0.25) is 5.89 Å². The Morgan fingerprint density at radius 2 is 1.88 bits per heavy atom. The molecule has 0 saturated carbocycles. The number of guanidine groups is 1. The summed E-state index contributed by atoms with van der Waals surface area (Å²) >= 11 is 12.4. The molecule has 0 fully saturated rings.